The number of carbonyl (C=O) groups is 1. The van der Waals surface area contributed by atoms with E-state index in [0.29, 0.717) is 5.69 Å². The molecular formula is C19H15NO2. The third kappa shape index (κ3) is 2.99. The molecule has 0 bridgehead atoms. The van der Waals surface area contributed by atoms with Crippen molar-refractivity contribution in [3.8, 4) is 16.9 Å². The molecule has 0 atom stereocenters. The molecule has 0 aliphatic heterocycles. The summed E-state index contributed by atoms with van der Waals surface area (Å²) in [7, 11) is 0. The lowest BCUT2D eigenvalue weighted by atomic mass is 10.0. The van der Waals surface area contributed by atoms with E-state index in [1.54, 1.807) is 24.3 Å². The number of phenolic OH excluding ortho intramolecular Hbond substituents is 1. The van der Waals surface area contributed by atoms with Crippen molar-refractivity contribution in [3.63, 3.8) is 0 Å². The normalized spacial score (nSPS) is 10.2. The second kappa shape index (κ2) is 6.14. The van der Waals surface area contributed by atoms with E-state index >= 15 is 0 Å². The number of phenols is 1. The molecule has 108 valence electrons. The smallest absolute Gasteiger partial charge is 0.259 e. The molecule has 0 saturated carbocycles. The van der Waals surface area contributed by atoms with Crippen LogP contribution in [0.15, 0.2) is 78.9 Å². The first-order valence-corrected chi connectivity index (χ1v) is 6.99. The van der Waals surface area contributed by atoms with Gasteiger partial charge >= 0.3 is 0 Å². The fourth-order valence-electron chi connectivity index (χ4n) is 2.25. The van der Waals surface area contributed by atoms with Gasteiger partial charge in [-0.1, -0.05) is 54.6 Å². The Hall–Kier alpha value is -3.07. The summed E-state index contributed by atoms with van der Waals surface area (Å²) in [5, 5.41) is 12.9. The minimum absolute atomic E-state index is 0.0326. The van der Waals surface area contributed by atoms with Crippen LogP contribution in [0, 0.1) is 0 Å². The highest BCUT2D eigenvalue weighted by Crippen LogP contribution is 2.27. The zero-order valence-corrected chi connectivity index (χ0v) is 11.9. The molecule has 0 aliphatic carbocycles. The number of hydrogen-bond donors (Lipinski definition) is 2. The molecule has 0 aliphatic rings. The van der Waals surface area contributed by atoms with E-state index in [2.05, 4.69) is 5.32 Å². The zero-order chi connectivity index (χ0) is 15.4. The molecule has 3 aromatic carbocycles. The van der Waals surface area contributed by atoms with Crippen LogP contribution in [0.4, 0.5) is 5.69 Å². The first kappa shape index (κ1) is 13.9. The second-order valence-electron chi connectivity index (χ2n) is 4.92. The summed E-state index contributed by atoms with van der Waals surface area (Å²) >= 11 is 0. The van der Waals surface area contributed by atoms with E-state index < -0.39 is 0 Å². The lowest BCUT2D eigenvalue weighted by Gasteiger charge is -2.09. The summed E-state index contributed by atoms with van der Waals surface area (Å²) in [6.45, 7) is 0. The Morgan fingerprint density at radius 2 is 1.41 bits per heavy atom. The standard InChI is InChI=1S/C19H15NO2/c21-18-13-15(14-7-3-1-4-8-14)11-12-17(18)19(22)20-16-9-5-2-6-10-16/h1-13,21H,(H,20,22). The number of para-hydroxylation sites is 1. The maximum absolute atomic E-state index is 12.2. The van der Waals surface area contributed by atoms with Crippen molar-refractivity contribution in [1.82, 2.24) is 0 Å². The largest absolute Gasteiger partial charge is 0.507 e. The van der Waals surface area contributed by atoms with Gasteiger partial charge < -0.3 is 10.4 Å². The fraction of sp³-hybridized carbons (Fsp3) is 0. The van der Waals surface area contributed by atoms with Crippen molar-refractivity contribution >= 4 is 11.6 Å². The highest BCUT2D eigenvalue weighted by Gasteiger charge is 2.12. The van der Waals surface area contributed by atoms with E-state index in [1.165, 1.54) is 0 Å². The van der Waals surface area contributed by atoms with Gasteiger partial charge in [-0.05, 0) is 35.4 Å². The molecule has 1 amide bonds. The topological polar surface area (TPSA) is 49.3 Å². The first-order valence-electron chi connectivity index (χ1n) is 6.99. The van der Waals surface area contributed by atoms with Gasteiger partial charge in [0.15, 0.2) is 0 Å². The number of carbonyl (C=O) groups excluding carboxylic acids is 1. The van der Waals surface area contributed by atoms with Gasteiger partial charge in [-0.15, -0.1) is 0 Å². The average Bonchev–Trinajstić information content (AvgIpc) is 2.56. The number of rotatable bonds is 3. The Bertz CT molecular complexity index is 783. The number of benzene rings is 3. The van der Waals surface area contributed by atoms with Crippen molar-refractivity contribution in [3.05, 3.63) is 84.4 Å². The SMILES string of the molecule is O=C(Nc1ccccc1)c1ccc(-c2ccccc2)cc1O. The molecule has 0 fully saturated rings. The number of anilines is 1. The molecule has 0 spiro atoms. The van der Waals surface area contributed by atoms with E-state index in [0.717, 1.165) is 11.1 Å². The number of aromatic hydroxyl groups is 1. The average molecular weight is 289 g/mol. The van der Waals surface area contributed by atoms with Gasteiger partial charge in [0.2, 0.25) is 0 Å². The summed E-state index contributed by atoms with van der Waals surface area (Å²) < 4.78 is 0. The predicted octanol–water partition coefficient (Wildman–Crippen LogP) is 4.31. The summed E-state index contributed by atoms with van der Waals surface area (Å²) in [6, 6.07) is 23.9. The number of nitrogens with one attached hydrogen (secondary N) is 1. The molecule has 0 saturated heterocycles. The Labute approximate surface area is 128 Å². The summed E-state index contributed by atoms with van der Waals surface area (Å²) in [4.78, 5) is 12.2. The number of hydrogen-bond acceptors (Lipinski definition) is 2. The predicted molar refractivity (Wildman–Crippen MR) is 87.9 cm³/mol. The van der Waals surface area contributed by atoms with Gasteiger partial charge in [-0.25, -0.2) is 0 Å². The van der Waals surface area contributed by atoms with Crippen LogP contribution in [0.3, 0.4) is 0 Å². The molecule has 0 heterocycles. The molecule has 3 heteroatoms. The van der Waals surface area contributed by atoms with Crippen LogP contribution in [0.1, 0.15) is 10.4 Å². The molecule has 3 aromatic rings. The molecule has 0 unspecified atom stereocenters. The molecule has 22 heavy (non-hydrogen) atoms. The third-order valence-corrected chi connectivity index (χ3v) is 3.38. The van der Waals surface area contributed by atoms with Crippen molar-refractivity contribution in [2.24, 2.45) is 0 Å². The minimum atomic E-state index is -0.330. The second-order valence-corrected chi connectivity index (χ2v) is 4.92. The molecule has 2 N–H and O–H groups in total. The van der Waals surface area contributed by atoms with Gasteiger partial charge in [0.25, 0.3) is 5.91 Å². The van der Waals surface area contributed by atoms with Crippen LogP contribution < -0.4 is 5.32 Å². The van der Waals surface area contributed by atoms with Crippen molar-refractivity contribution < 1.29 is 9.90 Å². The summed E-state index contributed by atoms with van der Waals surface area (Å²) in [6.07, 6.45) is 0. The summed E-state index contributed by atoms with van der Waals surface area (Å²) in [5.41, 5.74) is 2.81. The first-order chi connectivity index (χ1) is 10.7. The van der Waals surface area contributed by atoms with Crippen LogP contribution in [-0.4, -0.2) is 11.0 Å². The third-order valence-electron chi connectivity index (χ3n) is 3.38. The highest BCUT2D eigenvalue weighted by atomic mass is 16.3. The van der Waals surface area contributed by atoms with E-state index in [4.69, 9.17) is 0 Å². The minimum Gasteiger partial charge on any atom is -0.507 e. The monoisotopic (exact) mass is 289 g/mol. The zero-order valence-electron chi connectivity index (χ0n) is 11.9. The lowest BCUT2D eigenvalue weighted by molar-refractivity contribution is 0.102. The molecule has 3 nitrogen and oxygen atoms in total. The lowest BCUT2D eigenvalue weighted by Crippen LogP contribution is -2.11. The maximum atomic E-state index is 12.2. The quantitative estimate of drug-likeness (QED) is 0.754. The molecule has 0 radical (unpaired) electrons. The van der Waals surface area contributed by atoms with Crippen molar-refractivity contribution in [2.75, 3.05) is 5.32 Å². The Kier molecular flexibility index (Phi) is 3.88. The van der Waals surface area contributed by atoms with Crippen molar-refractivity contribution in [1.29, 1.82) is 0 Å². The van der Waals surface area contributed by atoms with E-state index in [1.807, 2.05) is 54.6 Å². The highest BCUT2D eigenvalue weighted by molar-refractivity contribution is 6.06. The van der Waals surface area contributed by atoms with Gasteiger partial charge in [-0.3, -0.25) is 4.79 Å². The van der Waals surface area contributed by atoms with Crippen LogP contribution in [0.5, 0.6) is 5.75 Å². The summed E-state index contributed by atoms with van der Waals surface area (Å²) in [5.74, 6) is -0.363. The maximum Gasteiger partial charge on any atom is 0.259 e. The van der Waals surface area contributed by atoms with E-state index in [9.17, 15) is 9.90 Å². The van der Waals surface area contributed by atoms with Gasteiger partial charge in [0.05, 0.1) is 5.56 Å². The Morgan fingerprint density at radius 3 is 2.05 bits per heavy atom. The Balaban J connectivity index is 1.85. The molecule has 0 aromatic heterocycles. The fourth-order valence-corrected chi connectivity index (χ4v) is 2.25. The van der Waals surface area contributed by atoms with E-state index in [-0.39, 0.29) is 17.2 Å². The van der Waals surface area contributed by atoms with Crippen LogP contribution in [0.2, 0.25) is 0 Å². The number of amides is 1. The molecular weight excluding hydrogens is 274 g/mol. The van der Waals surface area contributed by atoms with Gasteiger partial charge in [0, 0.05) is 5.69 Å². The van der Waals surface area contributed by atoms with Crippen LogP contribution >= 0.6 is 0 Å². The van der Waals surface area contributed by atoms with Crippen LogP contribution in [-0.2, 0) is 0 Å². The molecule has 3 rings (SSSR count). The van der Waals surface area contributed by atoms with Crippen LogP contribution in [0.25, 0.3) is 11.1 Å². The van der Waals surface area contributed by atoms with Gasteiger partial charge in [0.1, 0.15) is 5.75 Å². The van der Waals surface area contributed by atoms with Crippen molar-refractivity contribution in [2.45, 2.75) is 0 Å². The Morgan fingerprint density at radius 1 is 0.773 bits per heavy atom. The van der Waals surface area contributed by atoms with Gasteiger partial charge in [-0.2, -0.15) is 0 Å².